The molecule has 0 saturated carbocycles. The Hall–Kier alpha value is -3.12. The Morgan fingerprint density at radius 3 is 2.36 bits per heavy atom. The van der Waals surface area contributed by atoms with Gasteiger partial charge in [-0.15, -0.1) is 0 Å². The number of anilines is 1. The Balaban J connectivity index is 1.78. The van der Waals surface area contributed by atoms with Crippen LogP contribution in [0.25, 0.3) is 0 Å². The van der Waals surface area contributed by atoms with Gasteiger partial charge in [0, 0.05) is 29.4 Å². The molecule has 0 spiro atoms. The second kappa shape index (κ2) is 8.71. The number of amides is 2. The first-order chi connectivity index (χ1) is 13.5. The van der Waals surface area contributed by atoms with E-state index in [-0.39, 0.29) is 11.8 Å². The average molecular weight is 391 g/mol. The Bertz CT molecular complexity index is 1020. The van der Waals surface area contributed by atoms with Gasteiger partial charge < -0.3 is 10.6 Å². The molecule has 28 heavy (non-hydrogen) atoms. The first kappa shape index (κ1) is 19.6. The summed E-state index contributed by atoms with van der Waals surface area (Å²) in [6.45, 7) is 4.13. The highest BCUT2D eigenvalue weighted by Crippen LogP contribution is 2.30. The maximum Gasteiger partial charge on any atom is 0.258 e. The van der Waals surface area contributed by atoms with Crippen LogP contribution in [0.3, 0.4) is 0 Å². The van der Waals surface area contributed by atoms with E-state index in [1.807, 2.05) is 6.07 Å². The number of hydrogen-bond donors (Lipinski definition) is 2. The van der Waals surface area contributed by atoms with Crippen LogP contribution >= 0.6 is 11.8 Å². The molecule has 2 N–H and O–H groups in total. The average Bonchev–Trinajstić information content (AvgIpc) is 2.71. The minimum atomic E-state index is -0.243. The summed E-state index contributed by atoms with van der Waals surface area (Å²) in [7, 11) is 1.58. The van der Waals surface area contributed by atoms with Crippen LogP contribution < -0.4 is 10.6 Å². The van der Waals surface area contributed by atoms with Gasteiger partial charge in [0.1, 0.15) is 5.03 Å². The van der Waals surface area contributed by atoms with Crippen LogP contribution in [0.2, 0.25) is 0 Å². The largest absolute Gasteiger partial charge is 0.355 e. The monoisotopic (exact) mass is 391 g/mol. The summed E-state index contributed by atoms with van der Waals surface area (Å²) in [5, 5.41) is 6.08. The van der Waals surface area contributed by atoms with Gasteiger partial charge in [0.05, 0.1) is 5.56 Å². The second-order valence-electron chi connectivity index (χ2n) is 6.31. The van der Waals surface area contributed by atoms with Crippen molar-refractivity contribution < 1.29 is 9.59 Å². The molecule has 0 saturated heterocycles. The predicted octanol–water partition coefficient (Wildman–Crippen LogP) is 4.46. The molecule has 2 aromatic carbocycles. The first-order valence-electron chi connectivity index (χ1n) is 8.81. The number of carbonyl (C=O) groups excluding carboxylic acids is 2. The molecule has 0 aliphatic heterocycles. The van der Waals surface area contributed by atoms with E-state index in [9.17, 15) is 9.59 Å². The molecule has 3 aromatic rings. The zero-order valence-corrected chi connectivity index (χ0v) is 16.8. The molecule has 6 heteroatoms. The molecule has 0 radical (unpaired) electrons. The standard InChI is InChI=1S/C22H21N3O2S/c1-14-6-11-18(13-15(14)2)28-22-19(5-4-12-24-22)21(27)25-17-9-7-16(8-10-17)20(26)23-3/h4-13H,1-3H3,(H,23,26)(H,25,27). The van der Waals surface area contributed by atoms with Crippen molar-refractivity contribution in [3.8, 4) is 0 Å². The lowest BCUT2D eigenvalue weighted by atomic mass is 10.1. The smallest absolute Gasteiger partial charge is 0.258 e. The topological polar surface area (TPSA) is 71.1 Å². The van der Waals surface area contributed by atoms with Crippen molar-refractivity contribution in [3.05, 3.63) is 83.0 Å². The molecule has 2 amide bonds. The zero-order chi connectivity index (χ0) is 20.1. The summed E-state index contributed by atoms with van der Waals surface area (Å²) in [5.74, 6) is -0.413. The molecule has 5 nitrogen and oxygen atoms in total. The van der Waals surface area contributed by atoms with E-state index in [0.29, 0.717) is 21.8 Å². The van der Waals surface area contributed by atoms with Gasteiger partial charge in [-0.1, -0.05) is 17.8 Å². The Morgan fingerprint density at radius 1 is 0.929 bits per heavy atom. The number of pyridine rings is 1. The Kier molecular flexibility index (Phi) is 6.11. The number of hydrogen-bond acceptors (Lipinski definition) is 4. The predicted molar refractivity (Wildman–Crippen MR) is 112 cm³/mol. The van der Waals surface area contributed by atoms with Gasteiger partial charge in [0.25, 0.3) is 11.8 Å². The number of benzene rings is 2. The summed E-state index contributed by atoms with van der Waals surface area (Å²) >= 11 is 1.46. The number of rotatable bonds is 5. The Morgan fingerprint density at radius 2 is 1.68 bits per heavy atom. The molecule has 0 bridgehead atoms. The Labute approximate surface area is 168 Å². The molecule has 142 valence electrons. The van der Waals surface area contributed by atoms with Crippen LogP contribution in [0, 0.1) is 13.8 Å². The summed E-state index contributed by atoms with van der Waals surface area (Å²) in [5.41, 5.74) is 4.07. The molecule has 0 aliphatic rings. The SMILES string of the molecule is CNC(=O)c1ccc(NC(=O)c2cccnc2Sc2ccc(C)c(C)c2)cc1. The summed E-state index contributed by atoms with van der Waals surface area (Å²) in [6, 6.07) is 16.4. The van der Waals surface area contributed by atoms with Gasteiger partial charge in [0.2, 0.25) is 0 Å². The van der Waals surface area contributed by atoms with Gasteiger partial charge in [-0.3, -0.25) is 9.59 Å². The van der Waals surface area contributed by atoms with E-state index in [4.69, 9.17) is 0 Å². The van der Waals surface area contributed by atoms with E-state index in [1.54, 1.807) is 49.6 Å². The highest BCUT2D eigenvalue weighted by atomic mass is 32.2. The van der Waals surface area contributed by atoms with Crippen molar-refractivity contribution in [2.24, 2.45) is 0 Å². The number of aromatic nitrogens is 1. The second-order valence-corrected chi connectivity index (χ2v) is 7.38. The van der Waals surface area contributed by atoms with E-state index in [0.717, 1.165) is 4.90 Å². The van der Waals surface area contributed by atoms with Crippen LogP contribution in [0.15, 0.2) is 70.7 Å². The van der Waals surface area contributed by atoms with E-state index >= 15 is 0 Å². The van der Waals surface area contributed by atoms with Crippen molar-refractivity contribution >= 4 is 29.3 Å². The van der Waals surface area contributed by atoms with E-state index in [1.165, 1.54) is 22.9 Å². The fourth-order valence-corrected chi connectivity index (χ4v) is 3.56. The number of carbonyl (C=O) groups is 2. The van der Waals surface area contributed by atoms with Crippen molar-refractivity contribution in [2.45, 2.75) is 23.8 Å². The molecule has 1 heterocycles. The molecular weight excluding hydrogens is 370 g/mol. The molecule has 3 rings (SSSR count). The maximum atomic E-state index is 12.8. The van der Waals surface area contributed by atoms with Crippen LogP contribution in [-0.4, -0.2) is 23.8 Å². The lowest BCUT2D eigenvalue weighted by Crippen LogP contribution is -2.18. The van der Waals surface area contributed by atoms with Crippen LogP contribution in [0.4, 0.5) is 5.69 Å². The quantitative estimate of drug-likeness (QED) is 0.674. The third-order valence-corrected chi connectivity index (χ3v) is 5.35. The lowest BCUT2D eigenvalue weighted by molar-refractivity contribution is 0.0962. The van der Waals surface area contributed by atoms with Crippen molar-refractivity contribution in [1.82, 2.24) is 10.3 Å². The normalized spacial score (nSPS) is 10.4. The van der Waals surface area contributed by atoms with Gasteiger partial charge in [-0.05, 0) is 73.5 Å². The van der Waals surface area contributed by atoms with E-state index < -0.39 is 0 Å². The summed E-state index contributed by atoms with van der Waals surface area (Å²) in [6.07, 6.45) is 1.68. The van der Waals surface area contributed by atoms with Gasteiger partial charge in [-0.2, -0.15) is 0 Å². The number of nitrogens with zero attached hydrogens (tertiary/aromatic N) is 1. The third-order valence-electron chi connectivity index (χ3n) is 4.34. The summed E-state index contributed by atoms with van der Waals surface area (Å²) < 4.78 is 0. The van der Waals surface area contributed by atoms with Gasteiger partial charge in [-0.25, -0.2) is 4.98 Å². The maximum absolute atomic E-state index is 12.8. The highest BCUT2D eigenvalue weighted by molar-refractivity contribution is 7.99. The molecule has 0 unspecified atom stereocenters. The number of aryl methyl sites for hydroxylation is 2. The minimum Gasteiger partial charge on any atom is -0.355 e. The van der Waals surface area contributed by atoms with Gasteiger partial charge >= 0.3 is 0 Å². The van der Waals surface area contributed by atoms with Crippen LogP contribution in [0.5, 0.6) is 0 Å². The van der Waals surface area contributed by atoms with Crippen molar-refractivity contribution in [2.75, 3.05) is 12.4 Å². The molecule has 0 aliphatic carbocycles. The molecular formula is C22H21N3O2S. The van der Waals surface area contributed by atoms with Gasteiger partial charge in [0.15, 0.2) is 0 Å². The van der Waals surface area contributed by atoms with Crippen LogP contribution in [0.1, 0.15) is 31.8 Å². The molecule has 0 fully saturated rings. The molecule has 1 aromatic heterocycles. The zero-order valence-electron chi connectivity index (χ0n) is 15.9. The molecule has 0 atom stereocenters. The number of nitrogens with one attached hydrogen (secondary N) is 2. The van der Waals surface area contributed by atoms with Crippen LogP contribution in [-0.2, 0) is 0 Å². The fourth-order valence-electron chi connectivity index (χ4n) is 2.58. The fraction of sp³-hybridized carbons (Fsp3) is 0.136. The minimum absolute atomic E-state index is 0.169. The first-order valence-corrected chi connectivity index (χ1v) is 9.63. The van der Waals surface area contributed by atoms with E-state index in [2.05, 4.69) is 41.6 Å². The van der Waals surface area contributed by atoms with Crippen molar-refractivity contribution in [3.63, 3.8) is 0 Å². The van der Waals surface area contributed by atoms with Crippen molar-refractivity contribution in [1.29, 1.82) is 0 Å². The lowest BCUT2D eigenvalue weighted by Gasteiger charge is -2.10. The highest BCUT2D eigenvalue weighted by Gasteiger charge is 2.14. The third kappa shape index (κ3) is 4.58. The summed E-state index contributed by atoms with van der Waals surface area (Å²) in [4.78, 5) is 29.8.